The summed E-state index contributed by atoms with van der Waals surface area (Å²) in [5.41, 5.74) is 0. The highest BCUT2D eigenvalue weighted by atomic mass is 16.6. The first kappa shape index (κ1) is 14.2. The normalized spacial score (nSPS) is 51.0. The summed E-state index contributed by atoms with van der Waals surface area (Å²) in [4.78, 5) is 12.5. The molecule has 0 bridgehead atoms. The standard InChI is InChI=1S/C18H28O3/c1-10-6-15-17(20-15)8-12(10)4-3-5-14(19)13-9-18-16(21-18)7-11(13)2/h10-13,15-18H,3-9H2,1-2H3/t10?,11?,12?,13?,15?,16?,17-,18?/m1/s1. The molecule has 4 rings (SSSR count). The molecule has 0 aromatic heterocycles. The molecule has 0 aromatic carbocycles. The lowest BCUT2D eigenvalue weighted by Gasteiger charge is -2.27. The number of carbonyl (C=O) groups excluding carboxylic acids is 1. The van der Waals surface area contributed by atoms with Crippen molar-refractivity contribution in [3.05, 3.63) is 0 Å². The number of Topliss-reactive ketones (excluding diaryl/α,β-unsaturated/α-hetero) is 1. The minimum Gasteiger partial charge on any atom is -0.370 e. The van der Waals surface area contributed by atoms with Gasteiger partial charge in [0.25, 0.3) is 0 Å². The fourth-order valence-electron chi connectivity index (χ4n) is 4.87. The van der Waals surface area contributed by atoms with Crippen LogP contribution in [0.1, 0.15) is 58.8 Å². The Morgan fingerprint density at radius 3 is 2.29 bits per heavy atom. The number of hydrogen-bond donors (Lipinski definition) is 0. The lowest BCUT2D eigenvalue weighted by Crippen LogP contribution is -2.29. The molecule has 4 fully saturated rings. The van der Waals surface area contributed by atoms with Crippen LogP contribution in [0.2, 0.25) is 0 Å². The Morgan fingerprint density at radius 2 is 1.52 bits per heavy atom. The molecule has 0 radical (unpaired) electrons. The Kier molecular flexibility index (Phi) is 3.61. The zero-order valence-corrected chi connectivity index (χ0v) is 13.3. The predicted octanol–water partition coefficient (Wildman–Crippen LogP) is 3.35. The topological polar surface area (TPSA) is 42.1 Å². The van der Waals surface area contributed by atoms with E-state index in [0.29, 0.717) is 36.1 Å². The van der Waals surface area contributed by atoms with Crippen molar-refractivity contribution in [2.24, 2.45) is 23.7 Å². The fraction of sp³-hybridized carbons (Fsp3) is 0.944. The molecule has 0 amide bonds. The van der Waals surface area contributed by atoms with Gasteiger partial charge in [-0.15, -0.1) is 0 Å². The Labute approximate surface area is 127 Å². The summed E-state index contributed by atoms with van der Waals surface area (Å²) in [7, 11) is 0. The number of ether oxygens (including phenoxy) is 2. The van der Waals surface area contributed by atoms with Gasteiger partial charge in [-0.1, -0.05) is 13.8 Å². The quantitative estimate of drug-likeness (QED) is 0.730. The molecular weight excluding hydrogens is 264 g/mol. The Bertz CT molecular complexity index is 421. The molecule has 118 valence electrons. The Balaban J connectivity index is 1.22. The first-order valence-corrected chi connectivity index (χ1v) is 8.95. The van der Waals surface area contributed by atoms with E-state index in [1.165, 1.54) is 19.3 Å². The first-order chi connectivity index (χ1) is 10.1. The highest BCUT2D eigenvalue weighted by Gasteiger charge is 2.49. The van der Waals surface area contributed by atoms with Gasteiger partial charge < -0.3 is 9.47 Å². The van der Waals surface area contributed by atoms with E-state index < -0.39 is 0 Å². The number of epoxide rings is 2. The van der Waals surface area contributed by atoms with Crippen molar-refractivity contribution in [1.29, 1.82) is 0 Å². The van der Waals surface area contributed by atoms with Crippen LogP contribution >= 0.6 is 0 Å². The maximum absolute atomic E-state index is 12.5. The van der Waals surface area contributed by atoms with E-state index in [-0.39, 0.29) is 5.92 Å². The number of fused-ring (bicyclic) bond motifs is 2. The van der Waals surface area contributed by atoms with Crippen LogP contribution in [0.15, 0.2) is 0 Å². The molecule has 0 aromatic rings. The maximum atomic E-state index is 12.5. The molecule has 8 atom stereocenters. The van der Waals surface area contributed by atoms with E-state index in [2.05, 4.69) is 13.8 Å². The van der Waals surface area contributed by atoms with Gasteiger partial charge in [0, 0.05) is 12.3 Å². The zero-order chi connectivity index (χ0) is 14.6. The van der Waals surface area contributed by atoms with Gasteiger partial charge in [-0.2, -0.15) is 0 Å². The summed E-state index contributed by atoms with van der Waals surface area (Å²) in [6.07, 6.45) is 9.66. The van der Waals surface area contributed by atoms with E-state index in [9.17, 15) is 4.79 Å². The molecule has 4 aliphatic rings. The molecule has 3 heteroatoms. The molecule has 2 aliphatic heterocycles. The van der Waals surface area contributed by atoms with Crippen LogP contribution in [0.25, 0.3) is 0 Å². The highest BCUT2D eigenvalue weighted by molar-refractivity contribution is 5.81. The minimum absolute atomic E-state index is 0.272. The SMILES string of the molecule is CC1CC2O[C@@H]2CC1CCCC(=O)C1CC2OC2CC1C. The van der Waals surface area contributed by atoms with Crippen molar-refractivity contribution in [3.8, 4) is 0 Å². The largest absolute Gasteiger partial charge is 0.370 e. The molecule has 0 N–H and O–H groups in total. The second kappa shape index (κ2) is 5.34. The van der Waals surface area contributed by atoms with Crippen LogP contribution in [0.3, 0.4) is 0 Å². The van der Waals surface area contributed by atoms with Crippen molar-refractivity contribution in [1.82, 2.24) is 0 Å². The van der Waals surface area contributed by atoms with Crippen LogP contribution < -0.4 is 0 Å². The number of carbonyl (C=O) groups is 1. The summed E-state index contributed by atoms with van der Waals surface area (Å²) in [5, 5.41) is 0. The molecule has 7 unspecified atom stereocenters. The van der Waals surface area contributed by atoms with Crippen molar-refractivity contribution in [3.63, 3.8) is 0 Å². The summed E-state index contributed by atoms with van der Waals surface area (Å²) in [6, 6.07) is 0. The van der Waals surface area contributed by atoms with Gasteiger partial charge in [-0.3, -0.25) is 4.79 Å². The monoisotopic (exact) mass is 292 g/mol. The van der Waals surface area contributed by atoms with Gasteiger partial charge >= 0.3 is 0 Å². The number of hydrogen-bond acceptors (Lipinski definition) is 3. The van der Waals surface area contributed by atoms with Crippen LogP contribution in [-0.2, 0) is 14.3 Å². The van der Waals surface area contributed by atoms with Gasteiger partial charge in [-0.05, 0) is 56.3 Å². The zero-order valence-electron chi connectivity index (χ0n) is 13.3. The summed E-state index contributed by atoms with van der Waals surface area (Å²) >= 11 is 0. The van der Waals surface area contributed by atoms with Crippen LogP contribution in [0.4, 0.5) is 0 Å². The fourth-order valence-corrected chi connectivity index (χ4v) is 4.87. The second-order valence-corrected chi connectivity index (χ2v) is 8.05. The lowest BCUT2D eigenvalue weighted by atomic mass is 9.75. The number of ketones is 1. The Hall–Kier alpha value is -0.410. The van der Waals surface area contributed by atoms with Crippen LogP contribution in [0.5, 0.6) is 0 Å². The van der Waals surface area contributed by atoms with Crippen molar-refractivity contribution in [2.75, 3.05) is 0 Å². The van der Waals surface area contributed by atoms with Crippen molar-refractivity contribution < 1.29 is 14.3 Å². The molecule has 2 heterocycles. The molecule has 0 spiro atoms. The predicted molar refractivity (Wildman–Crippen MR) is 80.0 cm³/mol. The molecule has 2 saturated carbocycles. The van der Waals surface area contributed by atoms with Crippen molar-refractivity contribution in [2.45, 2.75) is 83.2 Å². The average Bonchev–Trinajstić information content (AvgIpc) is 3.32. The number of rotatable bonds is 5. The molecule has 2 aliphatic carbocycles. The second-order valence-electron chi connectivity index (χ2n) is 8.05. The van der Waals surface area contributed by atoms with E-state index in [4.69, 9.17) is 9.47 Å². The summed E-state index contributed by atoms with van der Waals surface area (Å²) in [5.74, 6) is 2.85. The first-order valence-electron chi connectivity index (χ1n) is 8.95. The third-order valence-electron chi connectivity index (χ3n) is 6.51. The van der Waals surface area contributed by atoms with Gasteiger partial charge in [0.2, 0.25) is 0 Å². The summed E-state index contributed by atoms with van der Waals surface area (Å²) < 4.78 is 11.2. The maximum Gasteiger partial charge on any atom is 0.136 e. The van der Waals surface area contributed by atoms with Crippen molar-refractivity contribution >= 4 is 5.78 Å². The van der Waals surface area contributed by atoms with Gasteiger partial charge in [-0.25, -0.2) is 0 Å². The molecule has 21 heavy (non-hydrogen) atoms. The van der Waals surface area contributed by atoms with E-state index >= 15 is 0 Å². The van der Waals surface area contributed by atoms with Crippen LogP contribution in [0, 0.1) is 23.7 Å². The highest BCUT2D eigenvalue weighted by Crippen LogP contribution is 2.45. The molecule has 2 saturated heterocycles. The molecular formula is C18H28O3. The third kappa shape index (κ3) is 2.92. The molecule has 3 nitrogen and oxygen atoms in total. The average molecular weight is 292 g/mol. The van der Waals surface area contributed by atoms with Gasteiger partial charge in [0.15, 0.2) is 0 Å². The minimum atomic E-state index is 0.272. The van der Waals surface area contributed by atoms with Gasteiger partial charge in [0.05, 0.1) is 24.4 Å². The van der Waals surface area contributed by atoms with E-state index in [1.54, 1.807) is 0 Å². The van der Waals surface area contributed by atoms with E-state index in [0.717, 1.165) is 37.5 Å². The lowest BCUT2D eigenvalue weighted by molar-refractivity contribution is -0.125. The smallest absolute Gasteiger partial charge is 0.136 e. The Morgan fingerprint density at radius 1 is 0.905 bits per heavy atom. The van der Waals surface area contributed by atoms with Gasteiger partial charge in [0.1, 0.15) is 5.78 Å². The van der Waals surface area contributed by atoms with E-state index in [1.807, 2.05) is 0 Å². The van der Waals surface area contributed by atoms with Crippen LogP contribution in [-0.4, -0.2) is 30.2 Å². The third-order valence-corrected chi connectivity index (χ3v) is 6.51. The summed E-state index contributed by atoms with van der Waals surface area (Å²) in [6.45, 7) is 4.59.